The maximum Gasteiger partial charge on any atom is 0.164 e. The van der Waals surface area contributed by atoms with Gasteiger partial charge in [-0.15, -0.1) is 10.2 Å². The van der Waals surface area contributed by atoms with Gasteiger partial charge < -0.3 is 9.30 Å². The quantitative estimate of drug-likeness (QED) is 0.676. The van der Waals surface area contributed by atoms with Crippen LogP contribution in [0.2, 0.25) is 0 Å². The predicted octanol–water partition coefficient (Wildman–Crippen LogP) is 2.07. The minimum absolute atomic E-state index is 0.709. The Morgan fingerprint density at radius 2 is 2.05 bits per heavy atom. The maximum absolute atomic E-state index is 5.51. The van der Waals surface area contributed by atoms with E-state index in [-0.39, 0.29) is 0 Å². The van der Waals surface area contributed by atoms with E-state index < -0.39 is 0 Å². The molecule has 1 aliphatic heterocycles. The fraction of sp³-hybridized carbons (Fsp3) is 0.267. The molecule has 4 rings (SSSR count). The average Bonchev–Trinajstić information content (AvgIpc) is 2.75. The smallest absolute Gasteiger partial charge is 0.164 e. The van der Waals surface area contributed by atoms with Crippen LogP contribution in [0.1, 0.15) is 5.82 Å². The lowest BCUT2D eigenvalue weighted by molar-refractivity contribution is 0.140. The molecule has 3 aromatic rings. The molecule has 3 heterocycles. The summed E-state index contributed by atoms with van der Waals surface area (Å²) in [6.07, 6.45) is 2.63. The first-order chi connectivity index (χ1) is 9.93. The SMILES string of the molecule is c1cc(-c2nnc3n2CCOCC3)c2cccnc2c1. The van der Waals surface area contributed by atoms with Crippen molar-refractivity contribution in [1.82, 2.24) is 19.7 Å². The average molecular weight is 266 g/mol. The summed E-state index contributed by atoms with van der Waals surface area (Å²) in [5, 5.41) is 9.81. The third-order valence-electron chi connectivity index (χ3n) is 3.64. The van der Waals surface area contributed by atoms with Crippen LogP contribution in [0.15, 0.2) is 36.5 Å². The van der Waals surface area contributed by atoms with E-state index in [2.05, 4.69) is 31.9 Å². The van der Waals surface area contributed by atoms with Crippen molar-refractivity contribution in [2.24, 2.45) is 0 Å². The summed E-state index contributed by atoms with van der Waals surface area (Å²) in [7, 11) is 0. The van der Waals surface area contributed by atoms with E-state index in [1.165, 1.54) is 0 Å². The molecule has 0 spiro atoms. The molecule has 5 nitrogen and oxygen atoms in total. The van der Waals surface area contributed by atoms with E-state index in [4.69, 9.17) is 4.74 Å². The first kappa shape index (κ1) is 11.5. The van der Waals surface area contributed by atoms with Gasteiger partial charge in [0, 0.05) is 30.1 Å². The molecule has 0 unspecified atom stereocenters. The largest absolute Gasteiger partial charge is 0.379 e. The van der Waals surface area contributed by atoms with E-state index in [0.717, 1.165) is 47.7 Å². The third kappa shape index (κ3) is 1.78. The molecule has 0 aliphatic carbocycles. The van der Waals surface area contributed by atoms with Gasteiger partial charge in [-0.05, 0) is 12.1 Å². The van der Waals surface area contributed by atoms with Crippen LogP contribution in [-0.2, 0) is 17.7 Å². The van der Waals surface area contributed by atoms with Crippen LogP contribution in [0.5, 0.6) is 0 Å². The number of rotatable bonds is 1. The second-order valence-corrected chi connectivity index (χ2v) is 4.83. The highest BCUT2D eigenvalue weighted by molar-refractivity contribution is 5.92. The molecule has 0 fully saturated rings. The molecule has 0 atom stereocenters. The fourth-order valence-electron chi connectivity index (χ4n) is 2.67. The Balaban J connectivity index is 1.94. The van der Waals surface area contributed by atoms with Gasteiger partial charge in [0.05, 0.1) is 18.7 Å². The molecule has 0 radical (unpaired) electrons. The van der Waals surface area contributed by atoms with Crippen molar-refractivity contribution < 1.29 is 4.74 Å². The molecule has 0 amide bonds. The molecule has 20 heavy (non-hydrogen) atoms. The molecule has 2 aromatic heterocycles. The number of pyridine rings is 1. The summed E-state index contributed by atoms with van der Waals surface area (Å²) in [4.78, 5) is 4.40. The van der Waals surface area contributed by atoms with Crippen molar-refractivity contribution in [3.8, 4) is 11.4 Å². The zero-order valence-electron chi connectivity index (χ0n) is 11.0. The topological polar surface area (TPSA) is 52.8 Å². The van der Waals surface area contributed by atoms with E-state index in [1.807, 2.05) is 24.4 Å². The monoisotopic (exact) mass is 266 g/mol. The van der Waals surface area contributed by atoms with Crippen LogP contribution < -0.4 is 0 Å². The summed E-state index contributed by atoms with van der Waals surface area (Å²) in [5.41, 5.74) is 2.06. The maximum atomic E-state index is 5.51. The van der Waals surface area contributed by atoms with Crippen molar-refractivity contribution in [2.45, 2.75) is 13.0 Å². The van der Waals surface area contributed by atoms with Gasteiger partial charge >= 0.3 is 0 Å². The molecule has 5 heteroatoms. The van der Waals surface area contributed by atoms with E-state index >= 15 is 0 Å². The van der Waals surface area contributed by atoms with Gasteiger partial charge in [0.15, 0.2) is 5.82 Å². The number of nitrogens with zero attached hydrogens (tertiary/aromatic N) is 4. The fourth-order valence-corrected chi connectivity index (χ4v) is 2.67. The van der Waals surface area contributed by atoms with Crippen LogP contribution >= 0.6 is 0 Å². The molecular weight excluding hydrogens is 252 g/mol. The van der Waals surface area contributed by atoms with Crippen molar-refractivity contribution in [2.75, 3.05) is 13.2 Å². The van der Waals surface area contributed by atoms with Gasteiger partial charge in [-0.2, -0.15) is 0 Å². The van der Waals surface area contributed by atoms with Crippen LogP contribution in [0.3, 0.4) is 0 Å². The van der Waals surface area contributed by atoms with Gasteiger partial charge in [-0.25, -0.2) is 0 Å². The number of hydrogen-bond acceptors (Lipinski definition) is 4. The lowest BCUT2D eigenvalue weighted by atomic mass is 10.1. The van der Waals surface area contributed by atoms with Crippen molar-refractivity contribution in [3.63, 3.8) is 0 Å². The van der Waals surface area contributed by atoms with Crippen molar-refractivity contribution >= 4 is 10.9 Å². The van der Waals surface area contributed by atoms with Crippen LogP contribution in [0.4, 0.5) is 0 Å². The Morgan fingerprint density at radius 3 is 3.05 bits per heavy atom. The Bertz CT molecular complexity index is 760. The van der Waals surface area contributed by atoms with Gasteiger partial charge in [0.25, 0.3) is 0 Å². The first-order valence-electron chi connectivity index (χ1n) is 6.77. The molecule has 1 aliphatic rings. The summed E-state index contributed by atoms with van der Waals surface area (Å²) < 4.78 is 7.67. The van der Waals surface area contributed by atoms with Crippen LogP contribution in [-0.4, -0.2) is 33.0 Å². The second-order valence-electron chi connectivity index (χ2n) is 4.83. The molecule has 0 saturated heterocycles. The Morgan fingerprint density at radius 1 is 1.05 bits per heavy atom. The standard InChI is InChI=1S/C15H14N4O/c1-3-12(11-4-2-7-16-13(11)5-1)15-18-17-14-6-9-20-10-8-19(14)15/h1-5,7H,6,8-10H2. The summed E-state index contributed by atoms with van der Waals surface area (Å²) in [6, 6.07) is 10.1. The summed E-state index contributed by atoms with van der Waals surface area (Å²) in [5.74, 6) is 1.91. The highest BCUT2D eigenvalue weighted by Gasteiger charge is 2.17. The molecule has 100 valence electrons. The summed E-state index contributed by atoms with van der Waals surface area (Å²) >= 11 is 0. The van der Waals surface area contributed by atoms with Crippen molar-refractivity contribution in [3.05, 3.63) is 42.4 Å². The van der Waals surface area contributed by atoms with Crippen molar-refractivity contribution in [1.29, 1.82) is 0 Å². The molecular formula is C15H14N4O. The number of fused-ring (bicyclic) bond motifs is 2. The lowest BCUT2D eigenvalue weighted by Gasteiger charge is -2.08. The zero-order valence-corrected chi connectivity index (χ0v) is 11.0. The Hall–Kier alpha value is -2.27. The minimum Gasteiger partial charge on any atom is -0.379 e. The Labute approximate surface area is 116 Å². The number of ether oxygens (including phenoxy) is 1. The predicted molar refractivity (Wildman–Crippen MR) is 75.3 cm³/mol. The molecule has 1 aromatic carbocycles. The second kappa shape index (κ2) is 4.68. The molecule has 0 N–H and O–H groups in total. The minimum atomic E-state index is 0.709. The van der Waals surface area contributed by atoms with Gasteiger partial charge in [-0.1, -0.05) is 18.2 Å². The third-order valence-corrected chi connectivity index (χ3v) is 3.64. The number of benzene rings is 1. The molecule has 0 bridgehead atoms. The number of hydrogen-bond donors (Lipinski definition) is 0. The van der Waals surface area contributed by atoms with Gasteiger partial charge in [0.2, 0.25) is 0 Å². The lowest BCUT2D eigenvalue weighted by Crippen LogP contribution is -2.06. The Kier molecular flexibility index (Phi) is 2.70. The van der Waals surface area contributed by atoms with Crippen LogP contribution in [0, 0.1) is 0 Å². The highest BCUT2D eigenvalue weighted by atomic mass is 16.5. The normalized spacial score (nSPS) is 15.0. The zero-order chi connectivity index (χ0) is 13.4. The van der Waals surface area contributed by atoms with Gasteiger partial charge in [0.1, 0.15) is 5.82 Å². The van der Waals surface area contributed by atoms with E-state index in [0.29, 0.717) is 6.61 Å². The van der Waals surface area contributed by atoms with E-state index in [9.17, 15) is 0 Å². The summed E-state index contributed by atoms with van der Waals surface area (Å²) in [6.45, 7) is 2.23. The van der Waals surface area contributed by atoms with E-state index in [1.54, 1.807) is 0 Å². The molecule has 0 saturated carbocycles. The van der Waals surface area contributed by atoms with Crippen LogP contribution in [0.25, 0.3) is 22.3 Å². The number of aromatic nitrogens is 4. The highest BCUT2D eigenvalue weighted by Crippen LogP contribution is 2.27. The van der Waals surface area contributed by atoms with Gasteiger partial charge in [-0.3, -0.25) is 4.98 Å². The first-order valence-corrected chi connectivity index (χ1v) is 6.77.